The fourth-order valence-electron chi connectivity index (χ4n) is 5.42. The van der Waals surface area contributed by atoms with Crippen LogP contribution < -0.4 is 16.0 Å². The van der Waals surface area contributed by atoms with Gasteiger partial charge in [-0.1, -0.05) is 52.8 Å². The largest absolute Gasteiger partial charge is 0.344 e. The highest BCUT2D eigenvalue weighted by Gasteiger charge is 2.56. The number of nitriles is 1. The SMILES string of the molecule is CC(C)C[C@H](NC(=O)[C@@H](NC(=O)C1CC1)C(C)(C)C)C(=O)N1C[C@]2(C[C@H]1C#N)C(=O)Nc1ccccc12. The minimum Gasteiger partial charge on any atom is -0.344 e. The molecule has 3 aliphatic rings. The smallest absolute Gasteiger partial charge is 0.246 e. The molecular weight excluding hydrogens is 470 g/mol. The van der Waals surface area contributed by atoms with E-state index in [9.17, 15) is 24.4 Å². The van der Waals surface area contributed by atoms with Crippen LogP contribution in [0.25, 0.3) is 0 Å². The monoisotopic (exact) mass is 507 g/mol. The van der Waals surface area contributed by atoms with Crippen LogP contribution in [0.4, 0.5) is 5.69 Å². The minimum absolute atomic E-state index is 0.0524. The number of hydrogen-bond acceptors (Lipinski definition) is 5. The van der Waals surface area contributed by atoms with Gasteiger partial charge in [0.1, 0.15) is 18.1 Å². The Bertz CT molecular complexity index is 1150. The van der Waals surface area contributed by atoms with Crippen molar-refractivity contribution in [3.05, 3.63) is 29.8 Å². The summed E-state index contributed by atoms with van der Waals surface area (Å²) >= 11 is 0. The van der Waals surface area contributed by atoms with Gasteiger partial charge in [-0.15, -0.1) is 0 Å². The van der Waals surface area contributed by atoms with Crippen LogP contribution in [-0.4, -0.2) is 53.2 Å². The van der Waals surface area contributed by atoms with Gasteiger partial charge in [0.25, 0.3) is 0 Å². The summed E-state index contributed by atoms with van der Waals surface area (Å²) in [6, 6.07) is 7.06. The predicted octanol–water partition coefficient (Wildman–Crippen LogP) is 2.47. The summed E-state index contributed by atoms with van der Waals surface area (Å²) in [5.41, 5.74) is -0.0791. The predicted molar refractivity (Wildman–Crippen MR) is 138 cm³/mol. The molecule has 1 saturated heterocycles. The van der Waals surface area contributed by atoms with E-state index in [1.54, 1.807) is 0 Å². The Morgan fingerprint density at radius 3 is 2.46 bits per heavy atom. The molecule has 0 radical (unpaired) electrons. The Morgan fingerprint density at radius 2 is 1.86 bits per heavy atom. The van der Waals surface area contributed by atoms with Crippen molar-refractivity contribution in [3.63, 3.8) is 0 Å². The van der Waals surface area contributed by atoms with Crippen molar-refractivity contribution in [2.75, 3.05) is 11.9 Å². The summed E-state index contributed by atoms with van der Waals surface area (Å²) in [5.74, 6) is -1.14. The number of nitrogens with one attached hydrogen (secondary N) is 3. The van der Waals surface area contributed by atoms with E-state index in [1.807, 2.05) is 58.9 Å². The number of carbonyl (C=O) groups is 4. The number of likely N-dealkylation sites (tertiary alicyclic amines) is 1. The van der Waals surface area contributed by atoms with Gasteiger partial charge in [-0.2, -0.15) is 5.26 Å². The minimum atomic E-state index is -0.995. The van der Waals surface area contributed by atoms with Crippen LogP contribution in [0.15, 0.2) is 24.3 Å². The van der Waals surface area contributed by atoms with Gasteiger partial charge < -0.3 is 20.9 Å². The average molecular weight is 508 g/mol. The van der Waals surface area contributed by atoms with Crippen LogP contribution in [0.5, 0.6) is 0 Å². The first-order chi connectivity index (χ1) is 17.4. The molecule has 4 atom stereocenters. The maximum Gasteiger partial charge on any atom is 0.246 e. The fourth-order valence-corrected chi connectivity index (χ4v) is 5.42. The average Bonchev–Trinajstić information content (AvgIpc) is 3.55. The quantitative estimate of drug-likeness (QED) is 0.522. The molecular formula is C28H37N5O4. The molecule has 37 heavy (non-hydrogen) atoms. The Kier molecular flexibility index (Phi) is 7.06. The molecule has 1 aliphatic carbocycles. The van der Waals surface area contributed by atoms with Gasteiger partial charge in [0.05, 0.1) is 11.5 Å². The molecule has 4 rings (SSSR count). The summed E-state index contributed by atoms with van der Waals surface area (Å²) in [5, 5.41) is 18.6. The molecule has 2 aliphatic heterocycles. The van der Waals surface area contributed by atoms with Crippen LogP contribution in [0.3, 0.4) is 0 Å². The Hall–Kier alpha value is -3.41. The molecule has 2 fully saturated rings. The molecule has 9 nitrogen and oxygen atoms in total. The van der Waals surface area contributed by atoms with Crippen LogP contribution in [0.2, 0.25) is 0 Å². The molecule has 1 spiro atoms. The fraction of sp³-hybridized carbons (Fsp3) is 0.607. The van der Waals surface area contributed by atoms with E-state index >= 15 is 0 Å². The van der Waals surface area contributed by atoms with E-state index in [0.717, 1.165) is 18.4 Å². The Balaban J connectivity index is 1.58. The van der Waals surface area contributed by atoms with Gasteiger partial charge in [0, 0.05) is 24.6 Å². The summed E-state index contributed by atoms with van der Waals surface area (Å²) in [6.07, 6.45) is 2.20. The van der Waals surface area contributed by atoms with Crippen molar-refractivity contribution in [1.82, 2.24) is 15.5 Å². The highest BCUT2D eigenvalue weighted by molar-refractivity contribution is 6.07. The third-order valence-electron chi connectivity index (χ3n) is 7.60. The van der Waals surface area contributed by atoms with E-state index < -0.39 is 34.9 Å². The number of carbonyl (C=O) groups excluding carboxylic acids is 4. The summed E-state index contributed by atoms with van der Waals surface area (Å²) < 4.78 is 0. The van der Waals surface area contributed by atoms with Crippen molar-refractivity contribution in [1.29, 1.82) is 5.26 Å². The number of fused-ring (bicyclic) bond motifs is 2. The maximum absolute atomic E-state index is 13.9. The highest BCUT2D eigenvalue weighted by Crippen LogP contribution is 2.46. The third-order valence-corrected chi connectivity index (χ3v) is 7.60. The third kappa shape index (κ3) is 5.20. The normalized spacial score (nSPS) is 24.3. The number of rotatable bonds is 7. The number of para-hydroxylation sites is 1. The summed E-state index contributed by atoms with van der Waals surface area (Å²) in [4.78, 5) is 54.4. The van der Waals surface area contributed by atoms with E-state index in [0.29, 0.717) is 12.1 Å². The first-order valence-corrected chi connectivity index (χ1v) is 13.1. The standard InChI is InChI=1S/C28H37N5O4/c1-16(2)12-21(30-24(35)22(27(3,4)5)32-23(34)17-10-11-17)25(36)33-15-28(13-18(33)14-29)19-8-6-7-9-20(19)31-26(28)37/h6-9,16-18,21-22H,10-13,15H2,1-5H3,(H,30,35)(H,31,37)(H,32,34)/t18-,21-,22+,28-/m0/s1. The number of anilines is 1. The van der Waals surface area contributed by atoms with Gasteiger partial charge in [-0.3, -0.25) is 19.2 Å². The molecule has 2 heterocycles. The van der Waals surface area contributed by atoms with Crippen LogP contribution in [-0.2, 0) is 24.6 Å². The second-order valence-electron chi connectivity index (χ2n) is 12.2. The zero-order valence-electron chi connectivity index (χ0n) is 22.3. The summed E-state index contributed by atoms with van der Waals surface area (Å²) in [7, 11) is 0. The maximum atomic E-state index is 13.9. The molecule has 9 heteroatoms. The molecule has 198 valence electrons. The highest BCUT2D eigenvalue weighted by atomic mass is 16.2. The molecule has 3 N–H and O–H groups in total. The van der Waals surface area contributed by atoms with Crippen molar-refractivity contribution in [2.24, 2.45) is 17.3 Å². The number of hydrogen-bond donors (Lipinski definition) is 3. The summed E-state index contributed by atoms with van der Waals surface area (Å²) in [6.45, 7) is 9.59. The molecule has 0 aromatic heterocycles. The number of amides is 4. The zero-order valence-corrected chi connectivity index (χ0v) is 22.3. The van der Waals surface area contributed by atoms with Crippen molar-refractivity contribution in [2.45, 2.75) is 83.8 Å². The Labute approximate surface area is 218 Å². The number of nitrogens with zero attached hydrogens (tertiary/aromatic N) is 2. The topological polar surface area (TPSA) is 131 Å². The molecule has 1 saturated carbocycles. The van der Waals surface area contributed by atoms with E-state index in [4.69, 9.17) is 0 Å². The van der Waals surface area contributed by atoms with E-state index in [-0.39, 0.29) is 42.5 Å². The Morgan fingerprint density at radius 1 is 1.19 bits per heavy atom. The van der Waals surface area contributed by atoms with Gasteiger partial charge in [-0.05, 0) is 42.2 Å². The van der Waals surface area contributed by atoms with Crippen molar-refractivity contribution in [3.8, 4) is 6.07 Å². The van der Waals surface area contributed by atoms with Crippen molar-refractivity contribution >= 4 is 29.3 Å². The van der Waals surface area contributed by atoms with Crippen LogP contribution >= 0.6 is 0 Å². The molecule has 0 unspecified atom stereocenters. The lowest BCUT2D eigenvalue weighted by atomic mass is 9.80. The molecule has 0 bridgehead atoms. The van der Waals surface area contributed by atoms with Gasteiger partial charge >= 0.3 is 0 Å². The van der Waals surface area contributed by atoms with Crippen LogP contribution in [0.1, 0.15) is 65.9 Å². The van der Waals surface area contributed by atoms with Gasteiger partial charge in [0.15, 0.2) is 0 Å². The van der Waals surface area contributed by atoms with Crippen LogP contribution in [0, 0.1) is 28.6 Å². The number of benzene rings is 1. The van der Waals surface area contributed by atoms with Gasteiger partial charge in [0.2, 0.25) is 23.6 Å². The lowest BCUT2D eigenvalue weighted by Gasteiger charge is -2.33. The molecule has 1 aromatic carbocycles. The first-order valence-electron chi connectivity index (χ1n) is 13.1. The zero-order chi connectivity index (χ0) is 27.1. The first kappa shape index (κ1) is 26.6. The van der Waals surface area contributed by atoms with Gasteiger partial charge in [-0.25, -0.2) is 0 Å². The van der Waals surface area contributed by atoms with Crippen molar-refractivity contribution < 1.29 is 19.2 Å². The second-order valence-corrected chi connectivity index (χ2v) is 12.2. The van der Waals surface area contributed by atoms with E-state index in [2.05, 4.69) is 22.0 Å². The lowest BCUT2D eigenvalue weighted by Crippen LogP contribution is -2.59. The lowest BCUT2D eigenvalue weighted by molar-refractivity contribution is -0.139. The second kappa shape index (κ2) is 9.81. The molecule has 1 aromatic rings. The molecule has 4 amide bonds. The van der Waals surface area contributed by atoms with E-state index in [1.165, 1.54) is 4.90 Å².